The van der Waals surface area contributed by atoms with Gasteiger partial charge in [-0.05, 0) is 24.6 Å². The zero-order valence-corrected chi connectivity index (χ0v) is 13.5. The molecule has 0 atom stereocenters. The average Bonchev–Trinajstić information content (AvgIpc) is 2.48. The van der Waals surface area contributed by atoms with Gasteiger partial charge in [-0.25, -0.2) is 0 Å². The highest BCUT2D eigenvalue weighted by atomic mass is 79.9. The summed E-state index contributed by atoms with van der Waals surface area (Å²) in [5.41, 5.74) is 1.92. The highest BCUT2D eigenvalue weighted by Gasteiger charge is 2.13. The summed E-state index contributed by atoms with van der Waals surface area (Å²) in [6, 6.07) is 9.77. The molecule has 1 rings (SSSR count). The molecule has 110 valence electrons. The summed E-state index contributed by atoms with van der Waals surface area (Å²) in [5, 5.41) is 20.3. The number of benzene rings is 1. The van der Waals surface area contributed by atoms with Gasteiger partial charge in [-0.3, -0.25) is 4.79 Å². The fourth-order valence-electron chi connectivity index (χ4n) is 1.81. The zero-order valence-electron chi connectivity index (χ0n) is 11.9. The first-order valence-corrected chi connectivity index (χ1v) is 7.40. The Labute approximate surface area is 133 Å². The first-order chi connectivity index (χ1) is 10.1. The van der Waals surface area contributed by atoms with Gasteiger partial charge >= 0.3 is 0 Å². The SMILES string of the molecule is Cc1c(Br)cccc1NCC(=O)N(CCC#N)CCC#N. The van der Waals surface area contributed by atoms with Gasteiger partial charge in [0, 0.05) is 23.2 Å². The van der Waals surface area contributed by atoms with Crippen molar-refractivity contribution < 1.29 is 4.79 Å². The molecule has 1 aromatic rings. The molecule has 1 aromatic carbocycles. The summed E-state index contributed by atoms with van der Waals surface area (Å²) < 4.78 is 0.978. The number of nitriles is 2. The molecular weight excluding hydrogens is 332 g/mol. The van der Waals surface area contributed by atoms with E-state index in [-0.39, 0.29) is 25.3 Å². The first kappa shape index (κ1) is 17.0. The van der Waals surface area contributed by atoms with E-state index in [0.717, 1.165) is 15.7 Å². The minimum atomic E-state index is -0.111. The van der Waals surface area contributed by atoms with Gasteiger partial charge in [-0.2, -0.15) is 10.5 Å². The van der Waals surface area contributed by atoms with Gasteiger partial charge in [0.15, 0.2) is 0 Å². The Bertz CT molecular complexity index is 556. The lowest BCUT2D eigenvalue weighted by Gasteiger charge is -2.21. The molecule has 0 aliphatic rings. The number of hydrogen-bond acceptors (Lipinski definition) is 4. The smallest absolute Gasteiger partial charge is 0.241 e. The van der Waals surface area contributed by atoms with Crippen LogP contribution in [0.5, 0.6) is 0 Å². The van der Waals surface area contributed by atoms with Crippen molar-refractivity contribution in [2.75, 3.05) is 25.0 Å². The van der Waals surface area contributed by atoms with E-state index in [1.54, 1.807) is 4.90 Å². The van der Waals surface area contributed by atoms with E-state index in [0.29, 0.717) is 13.1 Å². The van der Waals surface area contributed by atoms with Crippen molar-refractivity contribution in [1.82, 2.24) is 4.90 Å². The summed E-state index contributed by atoms with van der Waals surface area (Å²) in [6.45, 7) is 2.82. The fraction of sp³-hybridized carbons (Fsp3) is 0.400. The Morgan fingerprint density at radius 2 is 1.90 bits per heavy atom. The lowest BCUT2D eigenvalue weighted by Crippen LogP contribution is -2.37. The van der Waals surface area contributed by atoms with Crippen LogP contribution in [0.25, 0.3) is 0 Å². The highest BCUT2D eigenvalue weighted by Crippen LogP contribution is 2.23. The number of amides is 1. The van der Waals surface area contributed by atoms with Crippen molar-refractivity contribution in [3.63, 3.8) is 0 Å². The van der Waals surface area contributed by atoms with Gasteiger partial charge in [-0.1, -0.05) is 22.0 Å². The Hall–Kier alpha value is -2.05. The van der Waals surface area contributed by atoms with Crippen LogP contribution in [-0.2, 0) is 4.79 Å². The number of nitrogens with one attached hydrogen (secondary N) is 1. The molecule has 0 aliphatic heterocycles. The van der Waals surface area contributed by atoms with Crippen molar-refractivity contribution in [3.8, 4) is 12.1 Å². The monoisotopic (exact) mass is 348 g/mol. The zero-order chi connectivity index (χ0) is 15.7. The van der Waals surface area contributed by atoms with Crippen LogP contribution >= 0.6 is 15.9 Å². The van der Waals surface area contributed by atoms with Crippen molar-refractivity contribution in [3.05, 3.63) is 28.2 Å². The number of carbonyl (C=O) groups excluding carboxylic acids is 1. The molecule has 0 aromatic heterocycles. The molecule has 6 heteroatoms. The molecule has 0 saturated carbocycles. The van der Waals surface area contributed by atoms with Gasteiger partial charge in [-0.15, -0.1) is 0 Å². The molecule has 0 unspecified atom stereocenters. The van der Waals surface area contributed by atoms with Crippen LogP contribution in [0.3, 0.4) is 0 Å². The minimum absolute atomic E-state index is 0.111. The van der Waals surface area contributed by atoms with Crippen molar-refractivity contribution in [1.29, 1.82) is 10.5 Å². The molecule has 5 nitrogen and oxygen atoms in total. The minimum Gasteiger partial charge on any atom is -0.376 e. The summed E-state index contributed by atoms with van der Waals surface area (Å²) >= 11 is 3.44. The van der Waals surface area contributed by atoms with Crippen molar-refractivity contribution in [2.24, 2.45) is 0 Å². The number of rotatable bonds is 7. The summed E-state index contributed by atoms with van der Waals surface area (Å²) in [6.07, 6.45) is 0.542. The summed E-state index contributed by atoms with van der Waals surface area (Å²) in [7, 11) is 0. The van der Waals surface area contributed by atoms with Gasteiger partial charge in [0.05, 0.1) is 31.5 Å². The quantitative estimate of drug-likeness (QED) is 0.821. The maximum atomic E-state index is 12.2. The molecule has 0 heterocycles. The van der Waals surface area contributed by atoms with Gasteiger partial charge in [0.25, 0.3) is 0 Å². The molecule has 0 fully saturated rings. The molecule has 1 N–H and O–H groups in total. The fourth-order valence-corrected chi connectivity index (χ4v) is 2.18. The van der Waals surface area contributed by atoms with E-state index >= 15 is 0 Å². The van der Waals surface area contributed by atoms with Crippen molar-refractivity contribution >= 4 is 27.5 Å². The predicted molar refractivity (Wildman–Crippen MR) is 84.4 cm³/mol. The highest BCUT2D eigenvalue weighted by molar-refractivity contribution is 9.10. The van der Waals surface area contributed by atoms with E-state index in [1.807, 2.05) is 37.3 Å². The molecule has 21 heavy (non-hydrogen) atoms. The van der Waals surface area contributed by atoms with Gasteiger partial charge in [0.1, 0.15) is 0 Å². The third kappa shape index (κ3) is 5.45. The third-order valence-electron chi connectivity index (χ3n) is 3.04. The van der Waals surface area contributed by atoms with E-state index in [4.69, 9.17) is 10.5 Å². The average molecular weight is 349 g/mol. The first-order valence-electron chi connectivity index (χ1n) is 6.60. The number of anilines is 1. The summed E-state index contributed by atoms with van der Waals surface area (Å²) in [5.74, 6) is -0.111. The van der Waals surface area contributed by atoms with Gasteiger partial charge < -0.3 is 10.2 Å². The van der Waals surface area contributed by atoms with E-state index in [2.05, 4.69) is 21.2 Å². The lowest BCUT2D eigenvalue weighted by atomic mass is 10.2. The topological polar surface area (TPSA) is 79.9 Å². The number of hydrogen-bond donors (Lipinski definition) is 1. The largest absolute Gasteiger partial charge is 0.376 e. The summed E-state index contributed by atoms with van der Waals surface area (Å²) in [4.78, 5) is 13.7. The Kier molecular flexibility index (Phi) is 7.28. The van der Waals surface area contributed by atoms with E-state index in [9.17, 15) is 4.79 Å². The van der Waals surface area contributed by atoms with Crippen LogP contribution < -0.4 is 5.32 Å². The predicted octanol–water partition coefficient (Wildman–Crippen LogP) is 2.83. The molecule has 1 amide bonds. The number of nitrogens with zero attached hydrogens (tertiary/aromatic N) is 3. The number of halogens is 1. The van der Waals surface area contributed by atoms with Crippen LogP contribution in [0.15, 0.2) is 22.7 Å². The molecule has 0 saturated heterocycles. The standard InChI is InChI=1S/C15H17BrN4O/c1-12-13(16)5-2-6-14(12)19-11-15(21)20(9-3-7-17)10-4-8-18/h2,5-6,19H,3-4,9-11H2,1H3. The molecule has 0 radical (unpaired) electrons. The normalized spacial score (nSPS) is 9.52. The van der Waals surface area contributed by atoms with Crippen LogP contribution in [0.4, 0.5) is 5.69 Å². The maximum Gasteiger partial charge on any atom is 0.241 e. The second-order valence-corrected chi connectivity index (χ2v) is 5.32. The van der Waals surface area contributed by atoms with Crippen molar-refractivity contribution in [2.45, 2.75) is 19.8 Å². The van der Waals surface area contributed by atoms with Crippen LogP contribution in [0, 0.1) is 29.6 Å². The second-order valence-electron chi connectivity index (χ2n) is 4.46. The third-order valence-corrected chi connectivity index (χ3v) is 3.90. The van der Waals surface area contributed by atoms with Crippen LogP contribution in [-0.4, -0.2) is 30.4 Å². The maximum absolute atomic E-state index is 12.2. The molecule has 0 spiro atoms. The molecular formula is C15H17BrN4O. The van der Waals surface area contributed by atoms with E-state index in [1.165, 1.54) is 0 Å². The lowest BCUT2D eigenvalue weighted by molar-refractivity contribution is -0.129. The molecule has 0 aliphatic carbocycles. The molecule has 0 bridgehead atoms. The number of carbonyl (C=O) groups is 1. The Morgan fingerprint density at radius 3 is 2.48 bits per heavy atom. The van der Waals surface area contributed by atoms with Crippen LogP contribution in [0.1, 0.15) is 18.4 Å². The Morgan fingerprint density at radius 1 is 1.29 bits per heavy atom. The van der Waals surface area contributed by atoms with Crippen LogP contribution in [0.2, 0.25) is 0 Å². The second kappa shape index (κ2) is 8.99. The van der Waals surface area contributed by atoms with E-state index < -0.39 is 0 Å². The van der Waals surface area contributed by atoms with Gasteiger partial charge in [0.2, 0.25) is 5.91 Å². The Balaban J connectivity index is 2.62.